The van der Waals surface area contributed by atoms with Crippen molar-refractivity contribution in [3.63, 3.8) is 0 Å². The van der Waals surface area contributed by atoms with Gasteiger partial charge in [-0.2, -0.15) is 5.10 Å². The summed E-state index contributed by atoms with van der Waals surface area (Å²) in [6.45, 7) is 4.09. The Morgan fingerprint density at radius 2 is 1.88 bits per heavy atom. The van der Waals surface area contributed by atoms with Crippen molar-refractivity contribution in [1.29, 1.82) is 0 Å². The average Bonchev–Trinajstić information content (AvgIpc) is 2.59. The number of rotatable bonds is 6. The van der Waals surface area contributed by atoms with Crippen molar-refractivity contribution in [1.82, 2.24) is 5.43 Å². The van der Waals surface area contributed by atoms with Crippen molar-refractivity contribution in [2.45, 2.75) is 46.0 Å². The van der Waals surface area contributed by atoms with Crippen LogP contribution in [0.4, 0.5) is 5.69 Å². The zero-order chi connectivity index (χ0) is 17.4. The summed E-state index contributed by atoms with van der Waals surface area (Å²) in [7, 11) is 0. The minimum Gasteiger partial charge on any atom is -0.326 e. The number of carbonyl (C=O) groups is 2. The van der Waals surface area contributed by atoms with E-state index >= 15 is 0 Å². The maximum absolute atomic E-state index is 11.8. The van der Waals surface area contributed by atoms with Gasteiger partial charge in [-0.15, -0.1) is 0 Å². The Hall–Kier alpha value is -2.43. The highest BCUT2D eigenvalue weighted by Gasteiger charge is 2.15. The summed E-state index contributed by atoms with van der Waals surface area (Å²) in [6.07, 6.45) is 5.65. The van der Waals surface area contributed by atoms with Crippen LogP contribution in [0.3, 0.4) is 0 Å². The molecule has 1 aromatic rings. The lowest BCUT2D eigenvalue weighted by atomic mass is 9.87. The molecule has 128 valence electrons. The van der Waals surface area contributed by atoms with Gasteiger partial charge in [-0.05, 0) is 45.2 Å². The fourth-order valence-corrected chi connectivity index (χ4v) is 2.61. The molecular weight excluding hydrogens is 302 g/mol. The van der Waals surface area contributed by atoms with E-state index in [2.05, 4.69) is 28.8 Å². The molecule has 0 aromatic heterocycles. The van der Waals surface area contributed by atoms with E-state index in [9.17, 15) is 9.59 Å². The zero-order valence-corrected chi connectivity index (χ0v) is 14.3. The summed E-state index contributed by atoms with van der Waals surface area (Å²) in [5, 5.41) is 6.95. The van der Waals surface area contributed by atoms with Crippen LogP contribution < -0.4 is 10.7 Å². The Morgan fingerprint density at radius 1 is 1.17 bits per heavy atom. The molecule has 0 saturated heterocycles. The number of allylic oxidation sites excluding steroid dienone is 2. The maximum Gasteiger partial charge on any atom is 0.240 e. The maximum atomic E-state index is 11.8. The summed E-state index contributed by atoms with van der Waals surface area (Å²) >= 11 is 0. The van der Waals surface area contributed by atoms with Crippen LogP contribution in [0.25, 0.3) is 0 Å². The van der Waals surface area contributed by atoms with E-state index in [4.69, 9.17) is 0 Å². The molecule has 0 heterocycles. The molecule has 1 aromatic carbocycles. The van der Waals surface area contributed by atoms with Crippen molar-refractivity contribution < 1.29 is 9.59 Å². The zero-order valence-electron chi connectivity index (χ0n) is 14.3. The van der Waals surface area contributed by atoms with Crippen molar-refractivity contribution in [3.8, 4) is 0 Å². The number of nitrogens with one attached hydrogen (secondary N) is 2. The number of hydrogen-bond donors (Lipinski definition) is 2. The highest BCUT2D eigenvalue weighted by Crippen LogP contribution is 2.24. The second-order valence-corrected chi connectivity index (χ2v) is 6.22. The number of para-hydroxylation sites is 1. The van der Waals surface area contributed by atoms with E-state index in [-0.39, 0.29) is 24.7 Å². The SMILES string of the molecule is CC1=CCC(/C(C)=N\NC(=O)CCC(=O)Nc2ccccc2)CC1. The van der Waals surface area contributed by atoms with Gasteiger partial charge in [-0.3, -0.25) is 9.59 Å². The first-order valence-corrected chi connectivity index (χ1v) is 8.38. The van der Waals surface area contributed by atoms with Crippen LogP contribution in [-0.4, -0.2) is 17.5 Å². The summed E-state index contributed by atoms with van der Waals surface area (Å²) in [6, 6.07) is 9.20. The molecule has 2 N–H and O–H groups in total. The van der Waals surface area contributed by atoms with Gasteiger partial charge in [-0.25, -0.2) is 5.43 Å². The van der Waals surface area contributed by atoms with Gasteiger partial charge < -0.3 is 5.32 Å². The number of hydrazone groups is 1. The van der Waals surface area contributed by atoms with Crippen LogP contribution in [0, 0.1) is 5.92 Å². The van der Waals surface area contributed by atoms with E-state index in [0.717, 1.165) is 30.7 Å². The second kappa shape index (κ2) is 9.01. The third-order valence-corrected chi connectivity index (χ3v) is 4.22. The molecular formula is C19H25N3O2. The molecule has 0 fully saturated rings. The summed E-state index contributed by atoms with van der Waals surface area (Å²) < 4.78 is 0. The lowest BCUT2D eigenvalue weighted by Gasteiger charge is -2.19. The standard InChI is InChI=1S/C19H25N3O2/c1-14-8-10-16(11-9-14)15(2)21-22-19(24)13-12-18(23)20-17-6-4-3-5-7-17/h3-8,16H,9-13H2,1-2H3,(H,20,23)(H,22,24)/b21-15-. The molecule has 1 aliphatic rings. The number of hydrogen-bond acceptors (Lipinski definition) is 3. The van der Waals surface area contributed by atoms with Gasteiger partial charge in [0.05, 0.1) is 0 Å². The first-order valence-electron chi connectivity index (χ1n) is 8.38. The van der Waals surface area contributed by atoms with Crippen LogP contribution in [0.2, 0.25) is 0 Å². The van der Waals surface area contributed by atoms with E-state index in [1.54, 1.807) is 0 Å². The van der Waals surface area contributed by atoms with Crippen molar-refractivity contribution >= 4 is 23.2 Å². The number of benzene rings is 1. The van der Waals surface area contributed by atoms with Crippen LogP contribution in [0.5, 0.6) is 0 Å². The predicted molar refractivity (Wildman–Crippen MR) is 96.7 cm³/mol. The van der Waals surface area contributed by atoms with Crippen molar-refractivity contribution in [2.24, 2.45) is 11.0 Å². The Balaban J connectivity index is 1.71. The van der Waals surface area contributed by atoms with E-state index in [1.165, 1.54) is 5.57 Å². The molecule has 0 bridgehead atoms. The molecule has 1 unspecified atom stereocenters. The van der Waals surface area contributed by atoms with Gasteiger partial charge in [0.1, 0.15) is 0 Å². The average molecular weight is 327 g/mol. The molecule has 0 saturated carbocycles. The monoisotopic (exact) mass is 327 g/mol. The van der Waals surface area contributed by atoms with Crippen molar-refractivity contribution in [3.05, 3.63) is 42.0 Å². The first-order chi connectivity index (χ1) is 11.5. The highest BCUT2D eigenvalue weighted by atomic mass is 16.2. The van der Waals surface area contributed by atoms with E-state index in [0.29, 0.717) is 5.92 Å². The van der Waals surface area contributed by atoms with Gasteiger partial charge in [0, 0.05) is 30.2 Å². The number of carbonyl (C=O) groups excluding carboxylic acids is 2. The van der Waals surface area contributed by atoms with Gasteiger partial charge in [0.25, 0.3) is 0 Å². The Labute approximate surface area is 143 Å². The minimum absolute atomic E-state index is 0.124. The molecule has 0 radical (unpaired) electrons. The molecule has 0 aliphatic heterocycles. The second-order valence-electron chi connectivity index (χ2n) is 6.22. The largest absolute Gasteiger partial charge is 0.326 e. The Kier molecular flexibility index (Phi) is 6.73. The van der Waals surface area contributed by atoms with Gasteiger partial charge in [-0.1, -0.05) is 29.8 Å². The molecule has 24 heavy (non-hydrogen) atoms. The summed E-state index contributed by atoms with van der Waals surface area (Å²) in [4.78, 5) is 23.6. The fourth-order valence-electron chi connectivity index (χ4n) is 2.61. The number of nitrogens with zero attached hydrogens (tertiary/aromatic N) is 1. The topological polar surface area (TPSA) is 70.6 Å². The molecule has 5 nitrogen and oxygen atoms in total. The van der Waals surface area contributed by atoms with E-state index < -0.39 is 0 Å². The first kappa shape index (κ1) is 17.9. The lowest BCUT2D eigenvalue weighted by Crippen LogP contribution is -2.24. The molecule has 1 atom stereocenters. The third-order valence-electron chi connectivity index (χ3n) is 4.22. The van der Waals surface area contributed by atoms with Gasteiger partial charge in [0.15, 0.2) is 0 Å². The minimum atomic E-state index is -0.236. The van der Waals surface area contributed by atoms with Crippen LogP contribution >= 0.6 is 0 Å². The summed E-state index contributed by atoms with van der Waals surface area (Å²) in [5.41, 5.74) is 5.66. The number of anilines is 1. The number of amides is 2. The highest BCUT2D eigenvalue weighted by molar-refractivity contribution is 5.93. The van der Waals surface area contributed by atoms with Crippen LogP contribution in [0.15, 0.2) is 47.1 Å². The van der Waals surface area contributed by atoms with Crippen molar-refractivity contribution in [2.75, 3.05) is 5.32 Å². The molecule has 2 amide bonds. The van der Waals surface area contributed by atoms with Crippen LogP contribution in [0.1, 0.15) is 46.0 Å². The third kappa shape index (κ3) is 5.99. The molecule has 2 rings (SSSR count). The molecule has 1 aliphatic carbocycles. The Bertz CT molecular complexity index is 635. The van der Waals surface area contributed by atoms with Gasteiger partial charge in [0.2, 0.25) is 11.8 Å². The Morgan fingerprint density at radius 3 is 2.54 bits per heavy atom. The quantitative estimate of drug-likeness (QED) is 0.476. The predicted octanol–water partition coefficient (Wildman–Crippen LogP) is 3.64. The normalized spacial score (nSPS) is 17.8. The smallest absolute Gasteiger partial charge is 0.240 e. The van der Waals surface area contributed by atoms with E-state index in [1.807, 2.05) is 37.3 Å². The lowest BCUT2D eigenvalue weighted by molar-refractivity contribution is -0.124. The molecule has 5 heteroatoms. The van der Waals surface area contributed by atoms with Crippen LogP contribution in [-0.2, 0) is 9.59 Å². The van der Waals surface area contributed by atoms with Gasteiger partial charge >= 0.3 is 0 Å². The summed E-state index contributed by atoms with van der Waals surface area (Å²) in [5.74, 6) is -0.0135. The fraction of sp³-hybridized carbons (Fsp3) is 0.421. The molecule has 0 spiro atoms.